The fourth-order valence-electron chi connectivity index (χ4n) is 6.64. The fourth-order valence-corrected chi connectivity index (χ4v) is 6.64. The molecule has 0 aromatic heterocycles. The minimum absolute atomic E-state index is 1.10. The zero-order valence-electron chi connectivity index (χ0n) is 30.0. The smallest absolute Gasteiger partial charge is 0.0462 e. The van der Waals surface area contributed by atoms with E-state index in [1.165, 1.54) is 22.3 Å². The van der Waals surface area contributed by atoms with Crippen LogP contribution in [0.2, 0.25) is 0 Å². The second kappa shape index (κ2) is 16.5. The number of nitrogens with zero attached hydrogens (tertiary/aromatic N) is 2. The van der Waals surface area contributed by atoms with Crippen LogP contribution in [0, 0.1) is 0 Å². The number of benzene rings is 8. The first kappa shape index (κ1) is 34.0. The molecule has 2 nitrogen and oxygen atoms in total. The molecule has 0 spiro atoms. The summed E-state index contributed by atoms with van der Waals surface area (Å²) in [5.74, 6) is 0. The SMILES string of the molecule is C(=C\c1ccc(N(c2ccccc2)c2ccc(-c3ccc(N(c4ccccc4)c4ccc(/C=C/c5ccccc5)cc4)cc3)cc2)cc1)/c1ccccc1. The molecular weight excluding hydrogens is 653 g/mol. The molecule has 0 saturated carbocycles. The number of hydrogen-bond acceptors (Lipinski definition) is 2. The predicted molar refractivity (Wildman–Crippen MR) is 232 cm³/mol. The van der Waals surface area contributed by atoms with E-state index in [4.69, 9.17) is 0 Å². The Morgan fingerprint density at radius 3 is 0.722 bits per heavy atom. The van der Waals surface area contributed by atoms with Crippen molar-refractivity contribution >= 4 is 58.4 Å². The van der Waals surface area contributed by atoms with Gasteiger partial charge in [0.1, 0.15) is 0 Å². The summed E-state index contributed by atoms with van der Waals surface area (Å²) >= 11 is 0. The molecule has 8 aromatic carbocycles. The average molecular weight is 693 g/mol. The molecule has 0 fully saturated rings. The van der Waals surface area contributed by atoms with Crippen molar-refractivity contribution in [3.05, 3.63) is 241 Å². The molecule has 0 saturated heterocycles. The van der Waals surface area contributed by atoms with Crippen LogP contribution >= 0.6 is 0 Å². The molecule has 0 aliphatic carbocycles. The Balaban J connectivity index is 1.03. The number of para-hydroxylation sites is 2. The van der Waals surface area contributed by atoms with Crippen LogP contribution < -0.4 is 9.80 Å². The summed E-state index contributed by atoms with van der Waals surface area (Å²) in [6, 6.07) is 77.1. The third kappa shape index (κ3) is 8.15. The monoisotopic (exact) mass is 692 g/mol. The summed E-state index contributed by atoms with van der Waals surface area (Å²) in [4.78, 5) is 4.61. The number of anilines is 6. The zero-order chi connectivity index (χ0) is 36.4. The standard InChI is InChI=1S/C52H40N2/c1-5-13-41(14-6-1)21-23-43-25-33-49(34-26-43)53(47-17-9-3-10-18-47)51-37-29-45(30-38-51)46-31-39-52(40-32-46)54(48-19-11-4-12-20-48)50-35-27-44(28-36-50)24-22-42-15-7-2-8-16-42/h1-40H/b23-21+,24-22+. The van der Waals surface area contributed by atoms with Crippen molar-refractivity contribution in [2.45, 2.75) is 0 Å². The van der Waals surface area contributed by atoms with E-state index in [1.54, 1.807) is 0 Å². The minimum atomic E-state index is 1.10. The molecule has 0 bridgehead atoms. The van der Waals surface area contributed by atoms with Crippen molar-refractivity contribution < 1.29 is 0 Å². The van der Waals surface area contributed by atoms with Gasteiger partial charge in [-0.15, -0.1) is 0 Å². The van der Waals surface area contributed by atoms with Crippen LogP contribution in [-0.4, -0.2) is 0 Å². The van der Waals surface area contributed by atoms with Gasteiger partial charge in [-0.2, -0.15) is 0 Å². The van der Waals surface area contributed by atoms with E-state index in [1.807, 2.05) is 12.1 Å². The molecule has 258 valence electrons. The van der Waals surface area contributed by atoms with Crippen molar-refractivity contribution in [2.24, 2.45) is 0 Å². The highest BCUT2D eigenvalue weighted by molar-refractivity contribution is 5.82. The highest BCUT2D eigenvalue weighted by atomic mass is 15.1. The maximum absolute atomic E-state index is 2.30. The van der Waals surface area contributed by atoms with Gasteiger partial charge in [0.2, 0.25) is 0 Å². The molecule has 0 amide bonds. The zero-order valence-corrected chi connectivity index (χ0v) is 30.0. The van der Waals surface area contributed by atoms with Gasteiger partial charge in [-0.05, 0) is 106 Å². The molecule has 0 aliphatic heterocycles. The first-order valence-electron chi connectivity index (χ1n) is 18.3. The van der Waals surface area contributed by atoms with E-state index in [9.17, 15) is 0 Å². The number of hydrogen-bond donors (Lipinski definition) is 0. The van der Waals surface area contributed by atoms with Crippen LogP contribution in [0.15, 0.2) is 218 Å². The first-order chi connectivity index (χ1) is 26.8. The van der Waals surface area contributed by atoms with Crippen molar-refractivity contribution in [1.29, 1.82) is 0 Å². The molecule has 0 atom stereocenters. The van der Waals surface area contributed by atoms with E-state index >= 15 is 0 Å². The van der Waals surface area contributed by atoms with E-state index < -0.39 is 0 Å². The topological polar surface area (TPSA) is 6.48 Å². The maximum atomic E-state index is 2.30. The van der Waals surface area contributed by atoms with Crippen molar-refractivity contribution in [3.63, 3.8) is 0 Å². The normalized spacial score (nSPS) is 11.2. The van der Waals surface area contributed by atoms with E-state index in [-0.39, 0.29) is 0 Å². The second-order valence-corrected chi connectivity index (χ2v) is 13.1. The summed E-state index contributed by atoms with van der Waals surface area (Å²) in [5.41, 5.74) is 13.7. The minimum Gasteiger partial charge on any atom is -0.311 e. The van der Waals surface area contributed by atoms with Gasteiger partial charge < -0.3 is 9.80 Å². The molecule has 0 heterocycles. The predicted octanol–water partition coefficient (Wildman–Crippen LogP) is 14.6. The van der Waals surface area contributed by atoms with Crippen LogP contribution in [-0.2, 0) is 0 Å². The molecule has 8 rings (SSSR count). The summed E-state index contributed by atoms with van der Waals surface area (Å²) < 4.78 is 0. The van der Waals surface area contributed by atoms with Gasteiger partial charge in [0, 0.05) is 34.1 Å². The Morgan fingerprint density at radius 2 is 0.426 bits per heavy atom. The molecular formula is C52H40N2. The van der Waals surface area contributed by atoms with Crippen molar-refractivity contribution in [2.75, 3.05) is 9.80 Å². The summed E-state index contributed by atoms with van der Waals surface area (Å²) in [6.45, 7) is 0. The van der Waals surface area contributed by atoms with E-state index in [0.29, 0.717) is 0 Å². The largest absolute Gasteiger partial charge is 0.311 e. The van der Waals surface area contributed by atoms with E-state index in [2.05, 4.69) is 240 Å². The van der Waals surface area contributed by atoms with E-state index in [0.717, 1.165) is 45.3 Å². The maximum Gasteiger partial charge on any atom is 0.0462 e. The number of rotatable bonds is 11. The lowest BCUT2D eigenvalue weighted by Crippen LogP contribution is -2.10. The fraction of sp³-hybridized carbons (Fsp3) is 0. The first-order valence-corrected chi connectivity index (χ1v) is 18.3. The molecule has 0 aliphatic rings. The van der Waals surface area contributed by atoms with Crippen LogP contribution in [0.1, 0.15) is 22.3 Å². The molecule has 0 radical (unpaired) electrons. The van der Waals surface area contributed by atoms with Gasteiger partial charge >= 0.3 is 0 Å². The Bertz CT molecular complexity index is 2240. The summed E-state index contributed by atoms with van der Waals surface area (Å²) in [5, 5.41) is 0. The second-order valence-electron chi connectivity index (χ2n) is 13.1. The van der Waals surface area contributed by atoms with Gasteiger partial charge in [0.15, 0.2) is 0 Å². The summed E-state index contributed by atoms with van der Waals surface area (Å²) in [7, 11) is 0. The van der Waals surface area contributed by atoms with Crippen molar-refractivity contribution in [1.82, 2.24) is 0 Å². The van der Waals surface area contributed by atoms with Crippen LogP contribution in [0.25, 0.3) is 35.4 Å². The lowest BCUT2D eigenvalue weighted by atomic mass is 10.0. The van der Waals surface area contributed by atoms with Crippen molar-refractivity contribution in [3.8, 4) is 11.1 Å². The van der Waals surface area contributed by atoms with Crippen LogP contribution in [0.5, 0.6) is 0 Å². The Morgan fingerprint density at radius 1 is 0.204 bits per heavy atom. The third-order valence-corrected chi connectivity index (χ3v) is 9.45. The lowest BCUT2D eigenvalue weighted by Gasteiger charge is -2.26. The molecule has 54 heavy (non-hydrogen) atoms. The quantitative estimate of drug-likeness (QED) is 0.125. The van der Waals surface area contributed by atoms with Gasteiger partial charge in [-0.1, -0.05) is 170 Å². The van der Waals surface area contributed by atoms with Gasteiger partial charge in [0.05, 0.1) is 0 Å². The lowest BCUT2D eigenvalue weighted by molar-refractivity contribution is 1.28. The molecule has 2 heteroatoms. The highest BCUT2D eigenvalue weighted by Crippen LogP contribution is 2.38. The average Bonchev–Trinajstić information content (AvgIpc) is 3.25. The Hall–Kier alpha value is -7.16. The third-order valence-electron chi connectivity index (χ3n) is 9.45. The Labute approximate surface area is 318 Å². The van der Waals surface area contributed by atoms with Gasteiger partial charge in [-0.3, -0.25) is 0 Å². The molecule has 8 aromatic rings. The van der Waals surface area contributed by atoms with Crippen LogP contribution in [0.3, 0.4) is 0 Å². The molecule has 0 N–H and O–H groups in total. The Kier molecular flexibility index (Phi) is 10.3. The highest BCUT2D eigenvalue weighted by Gasteiger charge is 2.14. The van der Waals surface area contributed by atoms with Gasteiger partial charge in [-0.25, -0.2) is 0 Å². The summed E-state index contributed by atoms with van der Waals surface area (Å²) in [6.07, 6.45) is 8.62. The van der Waals surface area contributed by atoms with Gasteiger partial charge in [0.25, 0.3) is 0 Å². The molecule has 0 unspecified atom stereocenters. The van der Waals surface area contributed by atoms with Crippen LogP contribution in [0.4, 0.5) is 34.1 Å².